The third-order valence-corrected chi connectivity index (χ3v) is 4.70. The number of benzene rings is 1. The van der Waals surface area contributed by atoms with Crippen molar-refractivity contribution in [3.05, 3.63) is 34.9 Å². The van der Waals surface area contributed by atoms with Gasteiger partial charge in [0.15, 0.2) is 0 Å². The molecule has 4 heteroatoms. The van der Waals surface area contributed by atoms with Crippen LogP contribution in [-0.4, -0.2) is 51.1 Å². The topological polar surface area (TPSA) is 38.5 Å². The van der Waals surface area contributed by atoms with Gasteiger partial charge >= 0.3 is 0 Å². The van der Waals surface area contributed by atoms with E-state index in [0.717, 1.165) is 38.4 Å². The summed E-state index contributed by atoms with van der Waals surface area (Å²) < 4.78 is 5.22. The quantitative estimate of drug-likeness (QED) is 0.801. The molecule has 0 spiro atoms. The summed E-state index contributed by atoms with van der Waals surface area (Å²) in [6.45, 7) is 6.97. The Hall–Kier alpha value is -0.835. The molecule has 112 valence electrons. The molecule has 1 aromatic rings. The van der Waals surface area contributed by atoms with E-state index in [1.54, 1.807) is 0 Å². The lowest BCUT2D eigenvalue weighted by atomic mass is 9.87. The van der Waals surface area contributed by atoms with Gasteiger partial charge in [0.2, 0.25) is 0 Å². The van der Waals surface area contributed by atoms with E-state index in [-0.39, 0.29) is 5.54 Å². The third kappa shape index (κ3) is 3.50. The summed E-state index contributed by atoms with van der Waals surface area (Å²) in [6, 6.07) is 6.80. The standard InChI is InChI=1S/C17H25BN2O/c1-13-6-14(4-5-18)2-3-16(13)7-15-8-20(9-15)10-17(19)11-21-12-17/h2-3,6,15H,4-5,7-12,19H2,1H3. The molecule has 0 aromatic heterocycles. The number of nitrogens with zero attached hydrogens (tertiary/aromatic N) is 1. The second kappa shape index (κ2) is 6.11. The Bertz CT molecular complexity index is 496. The van der Waals surface area contributed by atoms with Gasteiger partial charge in [0.25, 0.3) is 0 Å². The van der Waals surface area contributed by atoms with E-state index >= 15 is 0 Å². The molecule has 2 aliphatic rings. The molecule has 0 atom stereocenters. The van der Waals surface area contributed by atoms with Crippen LogP contribution in [0.25, 0.3) is 0 Å². The Morgan fingerprint density at radius 3 is 2.71 bits per heavy atom. The van der Waals surface area contributed by atoms with Crippen LogP contribution in [0.3, 0.4) is 0 Å². The fourth-order valence-corrected chi connectivity index (χ4v) is 3.46. The molecular weight excluding hydrogens is 259 g/mol. The van der Waals surface area contributed by atoms with Crippen LogP contribution in [0.5, 0.6) is 0 Å². The predicted octanol–water partition coefficient (Wildman–Crippen LogP) is 1.33. The van der Waals surface area contributed by atoms with Crippen molar-refractivity contribution < 1.29 is 4.74 Å². The Morgan fingerprint density at radius 1 is 1.38 bits per heavy atom. The molecular formula is C17H25BN2O. The Morgan fingerprint density at radius 2 is 2.14 bits per heavy atom. The molecule has 0 bridgehead atoms. The zero-order valence-electron chi connectivity index (χ0n) is 13.0. The SMILES string of the molecule is [B]CCc1ccc(CC2CN(CC3(N)COC3)C2)c(C)c1. The number of rotatable bonds is 6. The number of ether oxygens (including phenoxy) is 1. The lowest BCUT2D eigenvalue weighted by molar-refractivity contribution is -0.0808. The van der Waals surface area contributed by atoms with Gasteiger partial charge < -0.3 is 15.4 Å². The minimum absolute atomic E-state index is 0.0786. The maximum atomic E-state index is 6.20. The van der Waals surface area contributed by atoms with E-state index in [2.05, 4.69) is 30.0 Å². The second-order valence-corrected chi connectivity index (χ2v) is 6.92. The lowest BCUT2D eigenvalue weighted by Crippen LogP contribution is -2.66. The molecule has 0 aliphatic carbocycles. The molecule has 2 aliphatic heterocycles. The van der Waals surface area contributed by atoms with Crippen LogP contribution in [0.2, 0.25) is 6.32 Å². The molecule has 2 N–H and O–H groups in total. The summed E-state index contributed by atoms with van der Waals surface area (Å²) in [4.78, 5) is 2.46. The van der Waals surface area contributed by atoms with Crippen LogP contribution in [0.4, 0.5) is 0 Å². The van der Waals surface area contributed by atoms with Crippen molar-refractivity contribution in [2.45, 2.75) is 31.6 Å². The zero-order valence-corrected chi connectivity index (χ0v) is 13.0. The molecule has 3 rings (SSSR count). The van der Waals surface area contributed by atoms with Gasteiger partial charge in [0.1, 0.15) is 0 Å². The summed E-state index contributed by atoms with van der Waals surface area (Å²) in [5.41, 5.74) is 10.4. The molecule has 3 nitrogen and oxygen atoms in total. The van der Waals surface area contributed by atoms with E-state index in [4.69, 9.17) is 18.3 Å². The van der Waals surface area contributed by atoms with Crippen LogP contribution in [0, 0.1) is 12.8 Å². The van der Waals surface area contributed by atoms with E-state index < -0.39 is 0 Å². The summed E-state index contributed by atoms with van der Waals surface area (Å²) in [5, 5.41) is 0. The second-order valence-electron chi connectivity index (χ2n) is 6.92. The molecule has 2 heterocycles. The number of hydrogen-bond acceptors (Lipinski definition) is 3. The average Bonchev–Trinajstić information content (AvgIpc) is 2.37. The maximum Gasteiger partial charge on any atom is 0.0757 e. The number of nitrogens with two attached hydrogens (primary N) is 1. The largest absolute Gasteiger partial charge is 0.377 e. The van der Waals surface area contributed by atoms with E-state index in [0.29, 0.717) is 0 Å². The van der Waals surface area contributed by atoms with Crippen molar-refractivity contribution in [2.24, 2.45) is 11.7 Å². The van der Waals surface area contributed by atoms with Gasteiger partial charge in [-0.15, -0.1) is 0 Å². The first-order valence-corrected chi connectivity index (χ1v) is 7.95. The fourth-order valence-electron chi connectivity index (χ4n) is 3.46. The lowest BCUT2D eigenvalue weighted by Gasteiger charge is -2.47. The molecule has 21 heavy (non-hydrogen) atoms. The summed E-state index contributed by atoms with van der Waals surface area (Å²) in [7, 11) is 5.62. The van der Waals surface area contributed by atoms with Crippen molar-refractivity contribution >= 4 is 7.85 Å². The van der Waals surface area contributed by atoms with Gasteiger partial charge in [-0.2, -0.15) is 0 Å². The zero-order chi connectivity index (χ0) is 14.9. The normalized spacial score (nSPS) is 21.8. The van der Waals surface area contributed by atoms with Crippen LogP contribution < -0.4 is 5.73 Å². The highest BCUT2D eigenvalue weighted by Crippen LogP contribution is 2.26. The molecule has 0 saturated carbocycles. The number of aryl methyl sites for hydroxylation is 2. The fraction of sp³-hybridized carbons (Fsp3) is 0.647. The van der Waals surface area contributed by atoms with Gasteiger partial charge in [-0.05, 0) is 42.4 Å². The van der Waals surface area contributed by atoms with E-state index in [9.17, 15) is 0 Å². The molecule has 2 radical (unpaired) electrons. The maximum absolute atomic E-state index is 6.20. The van der Waals surface area contributed by atoms with Gasteiger partial charge in [-0.25, -0.2) is 0 Å². The minimum Gasteiger partial charge on any atom is -0.377 e. The van der Waals surface area contributed by atoms with E-state index in [1.807, 2.05) is 0 Å². The highest BCUT2D eigenvalue weighted by atomic mass is 16.5. The first kappa shape index (κ1) is 15.1. The average molecular weight is 284 g/mol. The van der Waals surface area contributed by atoms with Crippen molar-refractivity contribution in [3.8, 4) is 0 Å². The van der Waals surface area contributed by atoms with Crippen molar-refractivity contribution in [1.29, 1.82) is 0 Å². The van der Waals surface area contributed by atoms with Gasteiger partial charge in [-0.3, -0.25) is 0 Å². The van der Waals surface area contributed by atoms with E-state index in [1.165, 1.54) is 36.2 Å². The summed E-state index contributed by atoms with van der Waals surface area (Å²) in [6.07, 6.45) is 2.87. The third-order valence-electron chi connectivity index (χ3n) is 4.70. The molecule has 0 unspecified atom stereocenters. The molecule has 1 aromatic carbocycles. The smallest absolute Gasteiger partial charge is 0.0757 e. The van der Waals surface area contributed by atoms with Crippen molar-refractivity contribution in [3.63, 3.8) is 0 Å². The van der Waals surface area contributed by atoms with Crippen molar-refractivity contribution in [1.82, 2.24) is 4.90 Å². The Kier molecular flexibility index (Phi) is 4.39. The highest BCUT2D eigenvalue weighted by molar-refractivity contribution is 6.08. The molecule has 2 fully saturated rings. The Balaban J connectivity index is 1.48. The van der Waals surface area contributed by atoms with Gasteiger partial charge in [0, 0.05) is 19.6 Å². The highest BCUT2D eigenvalue weighted by Gasteiger charge is 2.39. The van der Waals surface area contributed by atoms with Crippen LogP contribution in [-0.2, 0) is 17.6 Å². The monoisotopic (exact) mass is 284 g/mol. The van der Waals surface area contributed by atoms with Crippen LogP contribution in [0.15, 0.2) is 18.2 Å². The Labute approximate surface area is 129 Å². The van der Waals surface area contributed by atoms with Gasteiger partial charge in [0.05, 0.1) is 26.6 Å². The summed E-state index contributed by atoms with van der Waals surface area (Å²) >= 11 is 0. The summed E-state index contributed by atoms with van der Waals surface area (Å²) in [5.74, 6) is 0.772. The number of hydrogen-bond donors (Lipinski definition) is 1. The van der Waals surface area contributed by atoms with Crippen molar-refractivity contribution in [2.75, 3.05) is 32.8 Å². The molecule has 2 saturated heterocycles. The minimum atomic E-state index is -0.0786. The first-order chi connectivity index (χ1) is 10.1. The predicted molar refractivity (Wildman–Crippen MR) is 86.8 cm³/mol. The van der Waals surface area contributed by atoms with Gasteiger partial charge in [-0.1, -0.05) is 24.5 Å². The molecule has 0 amide bonds. The first-order valence-electron chi connectivity index (χ1n) is 7.95. The van der Waals surface area contributed by atoms with Crippen LogP contribution in [0.1, 0.15) is 16.7 Å². The number of likely N-dealkylation sites (tertiary alicyclic amines) is 1. The van der Waals surface area contributed by atoms with Crippen LogP contribution >= 0.6 is 0 Å².